The van der Waals surface area contributed by atoms with Crippen molar-refractivity contribution in [2.45, 2.75) is 19.3 Å². The SMILES string of the molecule is O=C(CCCc1ccc(Br)s1)Nc1ccc(-c2nccs2)cc1. The van der Waals surface area contributed by atoms with Gasteiger partial charge in [-0.3, -0.25) is 4.79 Å². The maximum Gasteiger partial charge on any atom is 0.224 e. The third kappa shape index (κ3) is 4.73. The second-order valence-electron chi connectivity index (χ2n) is 5.02. The highest BCUT2D eigenvalue weighted by Crippen LogP contribution is 2.24. The second kappa shape index (κ2) is 7.86. The number of halogens is 1. The van der Waals surface area contributed by atoms with Crippen LogP contribution in [0.5, 0.6) is 0 Å². The van der Waals surface area contributed by atoms with Gasteiger partial charge in [-0.1, -0.05) is 0 Å². The molecule has 0 spiro atoms. The molecule has 0 unspecified atom stereocenters. The van der Waals surface area contributed by atoms with Crippen molar-refractivity contribution in [2.75, 3.05) is 5.32 Å². The van der Waals surface area contributed by atoms with Gasteiger partial charge in [0.25, 0.3) is 0 Å². The zero-order chi connectivity index (χ0) is 16.1. The topological polar surface area (TPSA) is 42.0 Å². The molecule has 0 fully saturated rings. The van der Waals surface area contributed by atoms with Crippen LogP contribution in [-0.4, -0.2) is 10.9 Å². The number of aryl methyl sites for hydroxylation is 1. The molecular weight excluding hydrogens is 392 g/mol. The van der Waals surface area contributed by atoms with Crippen LogP contribution >= 0.6 is 38.6 Å². The fraction of sp³-hybridized carbons (Fsp3) is 0.176. The van der Waals surface area contributed by atoms with E-state index in [2.05, 4.69) is 32.3 Å². The summed E-state index contributed by atoms with van der Waals surface area (Å²) in [6, 6.07) is 12.0. The molecule has 0 radical (unpaired) electrons. The van der Waals surface area contributed by atoms with Gasteiger partial charge >= 0.3 is 0 Å². The number of hydrogen-bond acceptors (Lipinski definition) is 4. The van der Waals surface area contributed by atoms with Gasteiger partial charge in [0, 0.05) is 34.1 Å². The molecular formula is C17H15BrN2OS2. The average Bonchev–Trinajstić information content (AvgIpc) is 3.20. The summed E-state index contributed by atoms with van der Waals surface area (Å²) in [6.07, 6.45) is 4.12. The van der Waals surface area contributed by atoms with E-state index in [0.717, 1.165) is 32.9 Å². The molecule has 1 N–H and O–H groups in total. The zero-order valence-electron chi connectivity index (χ0n) is 12.3. The van der Waals surface area contributed by atoms with Crippen LogP contribution < -0.4 is 5.32 Å². The molecule has 3 nitrogen and oxygen atoms in total. The van der Waals surface area contributed by atoms with Crippen LogP contribution in [0.3, 0.4) is 0 Å². The van der Waals surface area contributed by atoms with E-state index in [0.29, 0.717) is 6.42 Å². The van der Waals surface area contributed by atoms with Gasteiger partial charge < -0.3 is 5.32 Å². The summed E-state index contributed by atoms with van der Waals surface area (Å²) in [6.45, 7) is 0. The molecule has 0 atom stereocenters. The molecule has 0 saturated carbocycles. The van der Waals surface area contributed by atoms with Crippen LogP contribution in [0, 0.1) is 0 Å². The molecule has 0 saturated heterocycles. The number of benzene rings is 1. The van der Waals surface area contributed by atoms with Crippen LogP contribution in [0.25, 0.3) is 10.6 Å². The number of rotatable bonds is 6. The lowest BCUT2D eigenvalue weighted by Gasteiger charge is -2.05. The maximum atomic E-state index is 12.0. The number of nitrogens with one attached hydrogen (secondary N) is 1. The van der Waals surface area contributed by atoms with Gasteiger partial charge in [0.2, 0.25) is 5.91 Å². The van der Waals surface area contributed by atoms with Gasteiger partial charge in [-0.25, -0.2) is 4.98 Å². The molecule has 3 rings (SSSR count). The Balaban J connectivity index is 1.48. The maximum absolute atomic E-state index is 12.0. The molecule has 2 aromatic heterocycles. The molecule has 6 heteroatoms. The minimum absolute atomic E-state index is 0.0580. The van der Waals surface area contributed by atoms with Gasteiger partial charge in [0.05, 0.1) is 3.79 Å². The van der Waals surface area contributed by atoms with Gasteiger partial charge in [-0.2, -0.15) is 0 Å². The smallest absolute Gasteiger partial charge is 0.224 e. The van der Waals surface area contributed by atoms with E-state index < -0.39 is 0 Å². The third-order valence-corrected chi connectivity index (χ3v) is 5.81. The first-order valence-electron chi connectivity index (χ1n) is 7.25. The van der Waals surface area contributed by atoms with Crippen molar-refractivity contribution in [1.29, 1.82) is 0 Å². The van der Waals surface area contributed by atoms with Crippen LogP contribution in [0.1, 0.15) is 17.7 Å². The van der Waals surface area contributed by atoms with Crippen LogP contribution in [0.4, 0.5) is 5.69 Å². The molecule has 3 aromatic rings. The summed E-state index contributed by atoms with van der Waals surface area (Å²) in [5.41, 5.74) is 1.90. The molecule has 1 aromatic carbocycles. The quantitative estimate of drug-likeness (QED) is 0.578. The molecule has 0 aliphatic carbocycles. The molecule has 0 aliphatic heterocycles. The summed E-state index contributed by atoms with van der Waals surface area (Å²) in [4.78, 5) is 17.6. The molecule has 23 heavy (non-hydrogen) atoms. The van der Waals surface area contributed by atoms with Gasteiger partial charge in [0.1, 0.15) is 5.01 Å². The number of thiophene rings is 1. The average molecular weight is 407 g/mol. The van der Waals surface area contributed by atoms with E-state index in [1.807, 2.05) is 35.7 Å². The molecule has 1 amide bonds. The summed E-state index contributed by atoms with van der Waals surface area (Å²) in [5, 5.41) is 5.89. The van der Waals surface area contributed by atoms with Crippen molar-refractivity contribution in [1.82, 2.24) is 4.98 Å². The Kier molecular flexibility index (Phi) is 5.59. The first-order chi connectivity index (χ1) is 11.2. The monoisotopic (exact) mass is 406 g/mol. The predicted octanol–water partition coefficient (Wildman–Crippen LogP) is 5.60. The van der Waals surface area contributed by atoms with Gasteiger partial charge in [0.15, 0.2) is 0 Å². The molecule has 0 bridgehead atoms. The minimum Gasteiger partial charge on any atom is -0.326 e. The number of anilines is 1. The fourth-order valence-electron chi connectivity index (χ4n) is 2.19. The lowest BCUT2D eigenvalue weighted by molar-refractivity contribution is -0.116. The van der Waals surface area contributed by atoms with Crippen LogP contribution in [0.15, 0.2) is 51.8 Å². The van der Waals surface area contributed by atoms with Crippen molar-refractivity contribution in [3.05, 3.63) is 56.6 Å². The van der Waals surface area contributed by atoms with E-state index in [-0.39, 0.29) is 5.91 Å². The van der Waals surface area contributed by atoms with Crippen LogP contribution in [0.2, 0.25) is 0 Å². The number of amides is 1. The lowest BCUT2D eigenvalue weighted by atomic mass is 10.2. The fourth-order valence-corrected chi connectivity index (χ4v) is 4.36. The Morgan fingerprint density at radius 3 is 2.65 bits per heavy atom. The highest BCUT2D eigenvalue weighted by molar-refractivity contribution is 9.11. The second-order valence-corrected chi connectivity index (χ2v) is 8.46. The summed E-state index contributed by atoms with van der Waals surface area (Å²) >= 11 is 6.78. The number of nitrogens with zero attached hydrogens (tertiary/aromatic N) is 1. The highest BCUT2D eigenvalue weighted by atomic mass is 79.9. The number of aromatic nitrogens is 1. The van der Waals surface area contributed by atoms with Crippen molar-refractivity contribution >= 4 is 50.2 Å². The van der Waals surface area contributed by atoms with Crippen molar-refractivity contribution in [3.8, 4) is 10.6 Å². The van der Waals surface area contributed by atoms with E-state index in [1.165, 1.54) is 4.88 Å². The summed E-state index contributed by atoms with van der Waals surface area (Å²) in [7, 11) is 0. The zero-order valence-corrected chi connectivity index (χ0v) is 15.5. The first-order valence-corrected chi connectivity index (χ1v) is 9.73. The number of thiazole rings is 1. The van der Waals surface area contributed by atoms with Crippen molar-refractivity contribution in [2.24, 2.45) is 0 Å². The molecule has 118 valence electrons. The van der Waals surface area contributed by atoms with E-state index in [9.17, 15) is 4.79 Å². The standard InChI is InChI=1S/C17H15BrN2OS2/c18-15-9-8-14(23-15)2-1-3-16(21)20-13-6-4-12(5-7-13)17-19-10-11-22-17/h4-11H,1-3H2,(H,20,21). The Labute approximate surface area is 151 Å². The van der Waals surface area contributed by atoms with Gasteiger partial charge in [-0.15, -0.1) is 22.7 Å². The Morgan fingerprint density at radius 1 is 1.17 bits per heavy atom. The molecule has 0 aliphatic rings. The normalized spacial score (nSPS) is 10.7. The third-order valence-electron chi connectivity index (χ3n) is 3.30. The lowest BCUT2D eigenvalue weighted by Crippen LogP contribution is -2.11. The molecule has 2 heterocycles. The Bertz CT molecular complexity index is 766. The predicted molar refractivity (Wildman–Crippen MR) is 101 cm³/mol. The number of carbonyl (C=O) groups excluding carboxylic acids is 1. The first kappa shape index (κ1) is 16.4. The summed E-state index contributed by atoms with van der Waals surface area (Å²) < 4.78 is 1.14. The number of carbonyl (C=O) groups is 1. The highest BCUT2D eigenvalue weighted by Gasteiger charge is 2.05. The number of hydrogen-bond donors (Lipinski definition) is 1. The largest absolute Gasteiger partial charge is 0.326 e. The summed E-state index contributed by atoms with van der Waals surface area (Å²) in [5.74, 6) is 0.0580. The minimum atomic E-state index is 0.0580. The van der Waals surface area contributed by atoms with E-state index in [4.69, 9.17) is 0 Å². The van der Waals surface area contributed by atoms with E-state index >= 15 is 0 Å². The van der Waals surface area contributed by atoms with Crippen LogP contribution in [-0.2, 0) is 11.2 Å². The van der Waals surface area contributed by atoms with Gasteiger partial charge in [-0.05, 0) is 65.2 Å². The Hall–Kier alpha value is -1.50. The van der Waals surface area contributed by atoms with E-state index in [1.54, 1.807) is 28.9 Å². The van der Waals surface area contributed by atoms with Crippen molar-refractivity contribution < 1.29 is 4.79 Å². The van der Waals surface area contributed by atoms with Crippen molar-refractivity contribution in [3.63, 3.8) is 0 Å². The Morgan fingerprint density at radius 2 is 2.00 bits per heavy atom.